The summed E-state index contributed by atoms with van der Waals surface area (Å²) in [5.74, 6) is 1.95. The molecule has 1 amide bonds. The normalized spacial score (nSPS) is 25.6. The fraction of sp³-hybridized carbons (Fsp3) is 0.476. The van der Waals surface area contributed by atoms with Crippen molar-refractivity contribution >= 4 is 11.7 Å². The van der Waals surface area contributed by atoms with Crippen LogP contribution in [0.4, 0.5) is 10.2 Å². The number of benzene rings is 1. The van der Waals surface area contributed by atoms with Crippen molar-refractivity contribution in [2.75, 3.05) is 31.1 Å². The lowest BCUT2D eigenvalue weighted by molar-refractivity contribution is -0.133. The zero-order chi connectivity index (χ0) is 18.6. The first-order valence-electron chi connectivity index (χ1n) is 9.64. The first kappa shape index (κ1) is 16.7. The molecular formula is C21H23FN4O. The van der Waals surface area contributed by atoms with Crippen molar-refractivity contribution in [1.29, 1.82) is 0 Å². The van der Waals surface area contributed by atoms with Crippen LogP contribution in [0.3, 0.4) is 0 Å². The van der Waals surface area contributed by atoms with Crippen molar-refractivity contribution < 1.29 is 9.18 Å². The Kier molecular flexibility index (Phi) is 3.71. The summed E-state index contributed by atoms with van der Waals surface area (Å²) in [6, 6.07) is 8.50. The molecule has 0 spiro atoms. The van der Waals surface area contributed by atoms with Gasteiger partial charge in [-0.2, -0.15) is 0 Å². The molecule has 1 saturated carbocycles. The van der Waals surface area contributed by atoms with Crippen molar-refractivity contribution in [2.24, 2.45) is 11.8 Å². The Morgan fingerprint density at radius 1 is 1.07 bits per heavy atom. The number of aromatic nitrogens is 2. The summed E-state index contributed by atoms with van der Waals surface area (Å²) in [5.41, 5.74) is 1.53. The summed E-state index contributed by atoms with van der Waals surface area (Å²) in [7, 11) is 0. The van der Waals surface area contributed by atoms with Crippen LogP contribution in [-0.4, -0.2) is 47.0 Å². The number of aryl methyl sites for hydroxylation is 1. The smallest absolute Gasteiger partial charge is 0.233 e. The minimum Gasteiger partial charge on any atom is -0.356 e. The SMILES string of the molecule is Cc1cc(N2CC3CN(C(=O)C4(c5ccc(F)cc5)CC4)CC3C2)ncn1. The van der Waals surface area contributed by atoms with E-state index in [2.05, 4.69) is 14.9 Å². The van der Waals surface area contributed by atoms with E-state index in [0.717, 1.165) is 56.1 Å². The maximum absolute atomic E-state index is 13.2. The number of nitrogens with zero attached hydrogens (tertiary/aromatic N) is 4. The molecule has 0 N–H and O–H groups in total. The highest BCUT2D eigenvalue weighted by Crippen LogP contribution is 2.50. The summed E-state index contributed by atoms with van der Waals surface area (Å²) < 4.78 is 13.2. The minimum atomic E-state index is -0.407. The molecule has 0 bridgehead atoms. The topological polar surface area (TPSA) is 49.3 Å². The van der Waals surface area contributed by atoms with E-state index < -0.39 is 5.41 Å². The van der Waals surface area contributed by atoms with E-state index in [0.29, 0.717) is 11.8 Å². The number of anilines is 1. The molecule has 2 aromatic rings. The van der Waals surface area contributed by atoms with Crippen LogP contribution in [-0.2, 0) is 10.2 Å². The quantitative estimate of drug-likeness (QED) is 0.838. The molecule has 1 aromatic carbocycles. The summed E-state index contributed by atoms with van der Waals surface area (Å²) in [5, 5.41) is 0. The monoisotopic (exact) mass is 366 g/mol. The van der Waals surface area contributed by atoms with Crippen LogP contribution in [0.2, 0.25) is 0 Å². The van der Waals surface area contributed by atoms with Crippen LogP contribution in [0.25, 0.3) is 0 Å². The van der Waals surface area contributed by atoms with E-state index >= 15 is 0 Å². The maximum atomic E-state index is 13.2. The molecule has 27 heavy (non-hydrogen) atoms. The number of hydrogen-bond acceptors (Lipinski definition) is 4. The van der Waals surface area contributed by atoms with Crippen LogP contribution in [0.1, 0.15) is 24.1 Å². The molecular weight excluding hydrogens is 343 g/mol. The highest BCUT2D eigenvalue weighted by molar-refractivity contribution is 5.91. The van der Waals surface area contributed by atoms with Crippen molar-refractivity contribution in [3.63, 3.8) is 0 Å². The standard InChI is InChI=1S/C21H23FN4O/c1-14-8-19(24-13-23-14)25-9-15-11-26(12-16(15)10-25)20(27)21(6-7-21)17-2-4-18(22)5-3-17/h2-5,8,13,15-16H,6-7,9-12H2,1H3. The molecule has 3 fully saturated rings. The van der Waals surface area contributed by atoms with Gasteiger partial charge in [-0.15, -0.1) is 0 Å². The Morgan fingerprint density at radius 2 is 1.74 bits per heavy atom. The number of likely N-dealkylation sites (tertiary alicyclic amines) is 1. The molecule has 1 aromatic heterocycles. The van der Waals surface area contributed by atoms with E-state index in [1.807, 2.05) is 17.9 Å². The lowest BCUT2D eigenvalue weighted by Gasteiger charge is -2.26. The third-order valence-electron chi connectivity index (χ3n) is 6.44. The Morgan fingerprint density at radius 3 is 2.33 bits per heavy atom. The fourth-order valence-corrected chi connectivity index (χ4v) is 4.78. The molecule has 3 heterocycles. The molecule has 3 aliphatic rings. The van der Waals surface area contributed by atoms with Gasteiger partial charge in [0.25, 0.3) is 0 Å². The van der Waals surface area contributed by atoms with Gasteiger partial charge in [-0.25, -0.2) is 14.4 Å². The van der Waals surface area contributed by atoms with Crippen molar-refractivity contribution in [2.45, 2.75) is 25.2 Å². The number of halogens is 1. The predicted octanol–water partition coefficient (Wildman–Crippen LogP) is 2.55. The minimum absolute atomic E-state index is 0.230. The number of carbonyl (C=O) groups excluding carboxylic acids is 1. The lowest BCUT2D eigenvalue weighted by atomic mass is 9.94. The fourth-order valence-electron chi connectivity index (χ4n) is 4.78. The predicted molar refractivity (Wildman–Crippen MR) is 99.9 cm³/mol. The Hall–Kier alpha value is -2.50. The van der Waals surface area contributed by atoms with Crippen molar-refractivity contribution in [3.8, 4) is 0 Å². The van der Waals surface area contributed by atoms with E-state index in [1.54, 1.807) is 18.5 Å². The van der Waals surface area contributed by atoms with Crippen LogP contribution in [0, 0.1) is 24.6 Å². The van der Waals surface area contributed by atoms with Gasteiger partial charge in [-0.1, -0.05) is 12.1 Å². The summed E-state index contributed by atoms with van der Waals surface area (Å²) in [4.78, 5) is 26.2. The van der Waals surface area contributed by atoms with Crippen LogP contribution in [0.5, 0.6) is 0 Å². The number of rotatable bonds is 3. The number of hydrogen-bond donors (Lipinski definition) is 0. The molecule has 5 nitrogen and oxygen atoms in total. The van der Waals surface area contributed by atoms with Gasteiger partial charge in [0.2, 0.25) is 5.91 Å². The molecule has 1 aliphatic carbocycles. The highest BCUT2D eigenvalue weighted by Gasteiger charge is 2.55. The molecule has 140 valence electrons. The first-order chi connectivity index (χ1) is 13.0. The second-order valence-electron chi connectivity index (χ2n) is 8.24. The zero-order valence-corrected chi connectivity index (χ0v) is 15.4. The second-order valence-corrected chi connectivity index (χ2v) is 8.24. The molecule has 6 heteroatoms. The van der Waals surface area contributed by atoms with Gasteiger partial charge in [0, 0.05) is 49.8 Å². The van der Waals surface area contributed by atoms with Gasteiger partial charge in [0.1, 0.15) is 18.0 Å². The van der Waals surface area contributed by atoms with Gasteiger partial charge in [0.15, 0.2) is 0 Å². The number of amides is 1. The van der Waals surface area contributed by atoms with E-state index in [9.17, 15) is 9.18 Å². The van der Waals surface area contributed by atoms with Gasteiger partial charge >= 0.3 is 0 Å². The van der Waals surface area contributed by atoms with Crippen molar-refractivity contribution in [1.82, 2.24) is 14.9 Å². The number of carbonyl (C=O) groups is 1. The van der Waals surface area contributed by atoms with E-state index in [4.69, 9.17) is 0 Å². The third kappa shape index (κ3) is 2.78. The second kappa shape index (κ2) is 6.01. The van der Waals surface area contributed by atoms with E-state index in [-0.39, 0.29) is 11.7 Å². The summed E-state index contributed by atoms with van der Waals surface area (Å²) >= 11 is 0. The Balaban J connectivity index is 1.28. The average molecular weight is 366 g/mol. The van der Waals surface area contributed by atoms with Gasteiger partial charge in [-0.05, 0) is 37.5 Å². The molecule has 2 unspecified atom stereocenters. The zero-order valence-electron chi connectivity index (χ0n) is 15.4. The first-order valence-corrected chi connectivity index (χ1v) is 9.64. The van der Waals surface area contributed by atoms with Crippen molar-refractivity contribution in [3.05, 3.63) is 53.7 Å². The maximum Gasteiger partial charge on any atom is 0.233 e. The van der Waals surface area contributed by atoms with Crippen LogP contribution in [0.15, 0.2) is 36.7 Å². The van der Waals surface area contributed by atoms with Crippen LogP contribution >= 0.6 is 0 Å². The molecule has 5 rings (SSSR count). The number of fused-ring (bicyclic) bond motifs is 1. The van der Waals surface area contributed by atoms with Gasteiger partial charge in [-0.3, -0.25) is 4.79 Å². The largest absolute Gasteiger partial charge is 0.356 e. The molecule has 0 radical (unpaired) electrons. The highest BCUT2D eigenvalue weighted by atomic mass is 19.1. The molecule has 2 atom stereocenters. The third-order valence-corrected chi connectivity index (χ3v) is 6.44. The summed E-state index contributed by atoms with van der Waals surface area (Å²) in [6.45, 7) is 5.48. The summed E-state index contributed by atoms with van der Waals surface area (Å²) in [6.07, 6.45) is 3.36. The lowest BCUT2D eigenvalue weighted by Crippen LogP contribution is -2.40. The van der Waals surface area contributed by atoms with Gasteiger partial charge < -0.3 is 9.80 Å². The van der Waals surface area contributed by atoms with E-state index in [1.165, 1.54) is 12.1 Å². The Labute approximate surface area is 158 Å². The average Bonchev–Trinajstić information content (AvgIpc) is 3.22. The van der Waals surface area contributed by atoms with Gasteiger partial charge in [0.05, 0.1) is 5.41 Å². The Bertz CT molecular complexity index is 866. The molecule has 2 saturated heterocycles. The molecule has 2 aliphatic heterocycles. The van der Waals surface area contributed by atoms with Crippen LogP contribution < -0.4 is 4.90 Å².